The van der Waals surface area contributed by atoms with Gasteiger partial charge >= 0.3 is 12.6 Å². The number of rotatable bonds is 5. The van der Waals surface area contributed by atoms with Crippen molar-refractivity contribution in [3.05, 3.63) is 29.8 Å². The molecule has 1 aliphatic rings. The minimum atomic E-state index is -2.89. The Morgan fingerprint density at radius 3 is 2.81 bits per heavy atom. The van der Waals surface area contributed by atoms with Crippen molar-refractivity contribution in [3.63, 3.8) is 0 Å². The number of hydrogen-bond acceptors (Lipinski definition) is 3. The number of aliphatic carboxylic acids is 1. The highest BCUT2D eigenvalue weighted by molar-refractivity contribution is 5.78. The lowest BCUT2D eigenvalue weighted by molar-refractivity contribution is -0.153. The molecule has 0 amide bonds. The molecule has 1 aromatic rings. The number of hydrogen-bond donors (Lipinski definition) is 1. The van der Waals surface area contributed by atoms with Gasteiger partial charge in [-0.2, -0.15) is 8.78 Å². The van der Waals surface area contributed by atoms with Crippen LogP contribution in [0.3, 0.4) is 0 Å². The van der Waals surface area contributed by atoms with Crippen LogP contribution in [0.1, 0.15) is 31.7 Å². The number of likely N-dealkylation sites (tertiary alicyclic amines) is 1. The standard InChI is InChI=1S/C15H19F2NO3/c1-15(13(19)20)8-4-5-9-18(15)10-11-6-2-3-7-12(11)21-14(16)17/h2-3,6-7,14H,4-5,8-10H2,1H3,(H,19,20). The molecule has 1 N–H and O–H groups in total. The van der Waals surface area contributed by atoms with E-state index in [2.05, 4.69) is 4.74 Å². The van der Waals surface area contributed by atoms with Crippen LogP contribution >= 0.6 is 0 Å². The fourth-order valence-electron chi connectivity index (χ4n) is 2.72. The van der Waals surface area contributed by atoms with Crippen LogP contribution in [0.5, 0.6) is 5.75 Å². The third kappa shape index (κ3) is 3.50. The van der Waals surface area contributed by atoms with E-state index in [4.69, 9.17) is 0 Å². The highest BCUT2D eigenvalue weighted by atomic mass is 19.3. The van der Waals surface area contributed by atoms with Gasteiger partial charge < -0.3 is 9.84 Å². The summed E-state index contributed by atoms with van der Waals surface area (Å²) in [4.78, 5) is 13.4. The normalized spacial score (nSPS) is 23.2. The number of benzene rings is 1. The maximum Gasteiger partial charge on any atom is 0.387 e. The highest BCUT2D eigenvalue weighted by Crippen LogP contribution is 2.32. The molecular weight excluding hydrogens is 280 g/mol. The molecule has 0 aliphatic carbocycles. The average molecular weight is 299 g/mol. The smallest absolute Gasteiger partial charge is 0.387 e. The lowest BCUT2D eigenvalue weighted by Gasteiger charge is -2.41. The first-order chi connectivity index (χ1) is 9.93. The van der Waals surface area contributed by atoms with Crippen molar-refractivity contribution in [2.75, 3.05) is 6.54 Å². The first-order valence-corrected chi connectivity index (χ1v) is 6.94. The van der Waals surface area contributed by atoms with E-state index in [0.717, 1.165) is 12.8 Å². The Morgan fingerprint density at radius 1 is 1.43 bits per heavy atom. The Morgan fingerprint density at radius 2 is 2.14 bits per heavy atom. The number of nitrogens with zero attached hydrogens (tertiary/aromatic N) is 1. The summed E-state index contributed by atoms with van der Waals surface area (Å²) in [7, 11) is 0. The van der Waals surface area contributed by atoms with E-state index in [-0.39, 0.29) is 12.3 Å². The summed E-state index contributed by atoms with van der Waals surface area (Å²) in [5.74, 6) is -0.778. The largest absolute Gasteiger partial charge is 0.480 e. The van der Waals surface area contributed by atoms with E-state index in [0.29, 0.717) is 18.5 Å². The molecule has 0 bridgehead atoms. The summed E-state index contributed by atoms with van der Waals surface area (Å²) in [6.07, 6.45) is 2.31. The van der Waals surface area contributed by atoms with Gasteiger partial charge in [-0.15, -0.1) is 0 Å². The summed E-state index contributed by atoms with van der Waals surface area (Å²) >= 11 is 0. The Hall–Kier alpha value is -1.69. The second-order valence-electron chi connectivity index (χ2n) is 5.44. The lowest BCUT2D eigenvalue weighted by Crippen LogP contribution is -2.54. The fourth-order valence-corrected chi connectivity index (χ4v) is 2.72. The lowest BCUT2D eigenvalue weighted by atomic mass is 9.88. The number of carboxylic acids is 1. The molecule has 116 valence electrons. The van der Waals surface area contributed by atoms with Crippen LogP contribution in [-0.4, -0.2) is 34.7 Å². The Bertz CT molecular complexity index is 509. The molecule has 2 rings (SSSR count). The topological polar surface area (TPSA) is 49.8 Å². The molecule has 1 aromatic carbocycles. The van der Waals surface area contributed by atoms with Crippen molar-refractivity contribution in [3.8, 4) is 5.75 Å². The minimum Gasteiger partial charge on any atom is -0.480 e. The van der Waals surface area contributed by atoms with Crippen molar-refractivity contribution < 1.29 is 23.4 Å². The first-order valence-electron chi connectivity index (χ1n) is 6.94. The summed E-state index contributed by atoms with van der Waals surface area (Å²) in [6.45, 7) is -0.291. The van der Waals surface area contributed by atoms with Gasteiger partial charge in [-0.05, 0) is 38.8 Å². The van der Waals surface area contributed by atoms with Crippen LogP contribution in [0.25, 0.3) is 0 Å². The molecule has 1 aliphatic heterocycles. The van der Waals surface area contributed by atoms with Crippen molar-refractivity contribution in [1.29, 1.82) is 0 Å². The van der Waals surface area contributed by atoms with Gasteiger partial charge in [-0.25, -0.2) is 0 Å². The summed E-state index contributed by atoms with van der Waals surface area (Å²) in [5, 5.41) is 9.47. The number of carboxylic acid groups (broad SMARTS) is 1. The van der Waals surface area contributed by atoms with Crippen LogP contribution < -0.4 is 4.74 Å². The zero-order chi connectivity index (χ0) is 15.5. The van der Waals surface area contributed by atoms with E-state index in [9.17, 15) is 18.7 Å². The van der Waals surface area contributed by atoms with Gasteiger partial charge in [0.1, 0.15) is 11.3 Å². The SMILES string of the molecule is CC1(C(=O)O)CCCCN1Cc1ccccc1OC(F)F. The van der Waals surface area contributed by atoms with E-state index < -0.39 is 18.1 Å². The summed E-state index contributed by atoms with van der Waals surface area (Å²) in [5.41, 5.74) is -0.386. The van der Waals surface area contributed by atoms with Crippen LogP contribution in [-0.2, 0) is 11.3 Å². The van der Waals surface area contributed by atoms with Crippen LogP contribution in [0.2, 0.25) is 0 Å². The molecule has 4 nitrogen and oxygen atoms in total. The van der Waals surface area contributed by atoms with Crippen LogP contribution in [0, 0.1) is 0 Å². The Labute approximate surface area is 122 Å². The monoisotopic (exact) mass is 299 g/mol. The second kappa shape index (κ2) is 6.39. The van der Waals surface area contributed by atoms with Gasteiger partial charge in [0, 0.05) is 12.1 Å². The quantitative estimate of drug-likeness (QED) is 0.907. The molecule has 0 saturated carbocycles. The number of carbonyl (C=O) groups is 1. The molecule has 1 saturated heterocycles. The van der Waals surface area contributed by atoms with E-state index in [1.54, 1.807) is 25.1 Å². The van der Waals surface area contributed by atoms with Crippen molar-refractivity contribution in [1.82, 2.24) is 4.90 Å². The number of ether oxygens (including phenoxy) is 1. The molecule has 21 heavy (non-hydrogen) atoms. The van der Waals surface area contributed by atoms with Gasteiger partial charge in [0.2, 0.25) is 0 Å². The van der Waals surface area contributed by atoms with Gasteiger partial charge in [0.15, 0.2) is 0 Å². The second-order valence-corrected chi connectivity index (χ2v) is 5.44. The molecule has 0 aromatic heterocycles. The molecule has 6 heteroatoms. The summed E-state index contributed by atoms with van der Waals surface area (Å²) < 4.78 is 29.4. The third-order valence-electron chi connectivity index (χ3n) is 4.05. The zero-order valence-electron chi connectivity index (χ0n) is 11.9. The van der Waals surface area contributed by atoms with Crippen molar-refractivity contribution in [2.24, 2.45) is 0 Å². The maximum atomic E-state index is 12.4. The predicted octanol–water partition coefficient (Wildman–Crippen LogP) is 3.12. The summed E-state index contributed by atoms with van der Waals surface area (Å²) in [6, 6.07) is 6.52. The van der Waals surface area contributed by atoms with Gasteiger partial charge in [0.05, 0.1) is 0 Å². The van der Waals surface area contributed by atoms with Gasteiger partial charge in [0.25, 0.3) is 0 Å². The molecule has 0 spiro atoms. The predicted molar refractivity (Wildman–Crippen MR) is 73.4 cm³/mol. The van der Waals surface area contributed by atoms with E-state index >= 15 is 0 Å². The molecule has 1 unspecified atom stereocenters. The van der Waals surface area contributed by atoms with E-state index in [1.165, 1.54) is 6.07 Å². The highest BCUT2D eigenvalue weighted by Gasteiger charge is 2.41. The van der Waals surface area contributed by atoms with Gasteiger partial charge in [-0.1, -0.05) is 18.2 Å². The number of alkyl halides is 2. The minimum absolute atomic E-state index is 0.103. The van der Waals surface area contributed by atoms with Crippen LogP contribution in [0.4, 0.5) is 8.78 Å². The molecule has 1 heterocycles. The maximum absolute atomic E-state index is 12.4. The third-order valence-corrected chi connectivity index (χ3v) is 4.05. The Kier molecular flexibility index (Phi) is 4.77. The number of para-hydroxylation sites is 1. The average Bonchev–Trinajstić information content (AvgIpc) is 2.42. The first kappa shape index (κ1) is 15.7. The van der Waals surface area contributed by atoms with E-state index in [1.807, 2.05) is 4.90 Å². The molecule has 0 radical (unpaired) electrons. The molecule has 1 fully saturated rings. The van der Waals surface area contributed by atoms with Crippen molar-refractivity contribution in [2.45, 2.75) is 44.9 Å². The number of piperidine rings is 1. The van der Waals surface area contributed by atoms with Gasteiger partial charge in [-0.3, -0.25) is 9.69 Å². The number of halogens is 2. The van der Waals surface area contributed by atoms with Crippen molar-refractivity contribution >= 4 is 5.97 Å². The molecular formula is C15H19F2NO3. The fraction of sp³-hybridized carbons (Fsp3) is 0.533. The molecule has 1 atom stereocenters. The Balaban J connectivity index is 2.22. The zero-order valence-corrected chi connectivity index (χ0v) is 11.9. The van der Waals surface area contributed by atoms with Crippen LogP contribution in [0.15, 0.2) is 24.3 Å².